The fraction of sp³-hybridized carbons (Fsp3) is 0.636. The normalized spacial score (nSPS) is 14.4. The molecule has 0 heterocycles. The van der Waals surface area contributed by atoms with Gasteiger partial charge in [0.1, 0.15) is 6.04 Å². The van der Waals surface area contributed by atoms with Gasteiger partial charge in [-0.05, 0) is 24.5 Å². The van der Waals surface area contributed by atoms with Gasteiger partial charge in [-0.1, -0.05) is 0 Å². The maximum atomic E-state index is 11.7. The molecule has 0 aromatic carbocycles. The molecule has 0 aliphatic rings. The van der Waals surface area contributed by atoms with Crippen molar-refractivity contribution < 1.29 is 28.5 Å². The van der Waals surface area contributed by atoms with E-state index in [0.717, 1.165) is 7.11 Å². The third kappa shape index (κ3) is 6.46. The van der Waals surface area contributed by atoms with Crippen molar-refractivity contribution in [3.63, 3.8) is 0 Å². The molecule has 0 aliphatic carbocycles. The first-order valence-electron chi connectivity index (χ1n) is 5.74. The van der Waals surface area contributed by atoms with Crippen LogP contribution in [-0.4, -0.2) is 57.9 Å². The molecule has 8 nitrogen and oxygen atoms in total. The van der Waals surface area contributed by atoms with Crippen molar-refractivity contribution >= 4 is 35.1 Å². The van der Waals surface area contributed by atoms with Gasteiger partial charge < -0.3 is 20.1 Å². The second-order valence-corrected chi connectivity index (χ2v) is 5.68. The lowest BCUT2D eigenvalue weighted by Gasteiger charge is -2.19. The molecule has 0 aliphatic heterocycles. The molecule has 0 spiro atoms. The van der Waals surface area contributed by atoms with Crippen LogP contribution in [0.5, 0.6) is 0 Å². The molecule has 20 heavy (non-hydrogen) atoms. The number of rotatable bonds is 8. The first kappa shape index (κ1) is 18.3. The summed E-state index contributed by atoms with van der Waals surface area (Å²) in [5, 5.41) is 1.60. The fourth-order valence-electron chi connectivity index (χ4n) is 1.25. The number of carbonyl (C=O) groups is 3. The molecule has 0 rings (SSSR count). The summed E-state index contributed by atoms with van der Waals surface area (Å²) in [7, 11) is 1.15. The van der Waals surface area contributed by atoms with Crippen molar-refractivity contribution in [1.82, 2.24) is 5.32 Å². The Hall–Kier alpha value is -1.70. The molecule has 112 valence electrons. The number of ether oxygens (including phenoxy) is 1. The van der Waals surface area contributed by atoms with Crippen molar-refractivity contribution in [1.29, 1.82) is 0 Å². The minimum absolute atomic E-state index is 0.00760. The molecule has 0 radical (unpaired) electrons. The number of hydrogen-bond acceptors (Lipinski definition) is 5. The lowest BCUT2D eigenvalue weighted by Crippen LogP contribution is -2.47. The molecule has 0 saturated carbocycles. The summed E-state index contributed by atoms with van der Waals surface area (Å²) >= 11 is -1.37. The van der Waals surface area contributed by atoms with E-state index >= 15 is 0 Å². The monoisotopic (exact) mass is 303 g/mol. The smallest absolute Gasteiger partial charge is 0.328 e. The average molecular weight is 303 g/mol. The lowest BCUT2D eigenvalue weighted by molar-refractivity contribution is -0.145. The topological polar surface area (TPSA) is 132 Å². The van der Waals surface area contributed by atoms with Crippen molar-refractivity contribution in [3.8, 4) is 0 Å². The number of ketones is 1. The van der Waals surface area contributed by atoms with Crippen LogP contribution in [-0.2, 0) is 30.3 Å². The molecule has 9 heteroatoms. The summed E-state index contributed by atoms with van der Waals surface area (Å²) in [4.78, 5) is 37.0. The molecule has 0 bridgehead atoms. The molecule has 1 N–H and O–H groups in total. The average Bonchev–Trinajstić information content (AvgIpc) is 2.41. The third-order valence-corrected chi connectivity index (χ3v) is 3.76. The Kier molecular flexibility index (Phi) is 8.46. The molecule has 1 unspecified atom stereocenters. The molecular formula is C11H17N3O5S. The number of Topliss-reactive ketones (excluding diaryl/α,β-unsaturated/α-hetero) is 1. The predicted molar refractivity (Wildman–Crippen MR) is 71.4 cm³/mol. The van der Waals surface area contributed by atoms with Crippen molar-refractivity contribution in [2.24, 2.45) is 0 Å². The van der Waals surface area contributed by atoms with Gasteiger partial charge in [0.05, 0.1) is 13.4 Å². The maximum absolute atomic E-state index is 11.7. The summed E-state index contributed by atoms with van der Waals surface area (Å²) in [5.74, 6) is -1.77. The van der Waals surface area contributed by atoms with Crippen LogP contribution in [0.4, 0.5) is 0 Å². The number of esters is 1. The maximum Gasteiger partial charge on any atom is 0.328 e. The zero-order chi connectivity index (χ0) is 15.7. The summed E-state index contributed by atoms with van der Waals surface area (Å²) in [5.41, 5.74) is 8.19. The Bertz CT molecular complexity index is 420. The number of amides is 1. The van der Waals surface area contributed by atoms with Crippen LogP contribution in [0, 0.1) is 0 Å². The molecule has 0 aromatic rings. The molecule has 0 saturated heterocycles. The number of methoxy groups -OCH3 is 1. The van der Waals surface area contributed by atoms with E-state index in [1.54, 1.807) is 0 Å². The van der Waals surface area contributed by atoms with Crippen LogP contribution in [0.2, 0.25) is 0 Å². The third-order valence-electron chi connectivity index (χ3n) is 2.55. The minimum Gasteiger partial charge on any atom is -0.616 e. The molecular weight excluding hydrogens is 286 g/mol. The first-order chi connectivity index (χ1) is 9.33. The van der Waals surface area contributed by atoms with Crippen LogP contribution in [0.1, 0.15) is 19.8 Å². The van der Waals surface area contributed by atoms with E-state index in [1.165, 1.54) is 13.2 Å². The fourth-order valence-corrected chi connectivity index (χ4v) is 1.62. The molecule has 0 fully saturated rings. The van der Waals surface area contributed by atoms with E-state index in [0.29, 0.717) is 6.21 Å². The van der Waals surface area contributed by atoms with E-state index in [9.17, 15) is 18.9 Å². The van der Waals surface area contributed by atoms with E-state index in [1.807, 2.05) is 0 Å². The van der Waals surface area contributed by atoms with E-state index in [4.69, 9.17) is 5.53 Å². The second kappa shape index (κ2) is 9.24. The van der Waals surface area contributed by atoms with Crippen LogP contribution in [0.25, 0.3) is 5.53 Å². The largest absolute Gasteiger partial charge is 0.616 e. The molecule has 3 atom stereocenters. The predicted octanol–water partition coefficient (Wildman–Crippen LogP) is -0.939. The van der Waals surface area contributed by atoms with Gasteiger partial charge in [-0.2, -0.15) is 4.79 Å². The number of nitrogens with one attached hydrogen (secondary N) is 1. The second-order valence-electron chi connectivity index (χ2n) is 3.97. The van der Waals surface area contributed by atoms with Gasteiger partial charge in [-0.15, -0.1) is 0 Å². The summed E-state index contributed by atoms with van der Waals surface area (Å²) in [6, 6.07) is -1.02. The summed E-state index contributed by atoms with van der Waals surface area (Å²) < 4.78 is 15.7. The Labute approximate surface area is 119 Å². The highest BCUT2D eigenvalue weighted by atomic mass is 32.2. The highest BCUT2D eigenvalue weighted by Crippen LogP contribution is 2.04. The minimum atomic E-state index is -1.37. The van der Waals surface area contributed by atoms with Gasteiger partial charge in [0, 0.05) is 6.42 Å². The Morgan fingerprint density at radius 3 is 2.55 bits per heavy atom. The van der Waals surface area contributed by atoms with Crippen LogP contribution in [0.15, 0.2) is 0 Å². The highest BCUT2D eigenvalue weighted by molar-refractivity contribution is 7.92. The van der Waals surface area contributed by atoms with Crippen molar-refractivity contribution in [3.05, 3.63) is 5.53 Å². The van der Waals surface area contributed by atoms with Gasteiger partial charge in [0.25, 0.3) is 5.91 Å². The molecule has 0 aromatic heterocycles. The van der Waals surface area contributed by atoms with Crippen molar-refractivity contribution in [2.45, 2.75) is 31.1 Å². The standard InChI is InChI=1S/C11H17N3O5S/c1-7(20(3)18)10(16)14-9(11(17)19-2)5-4-8(15)6-13-12/h6-7,9H,4-5H2,1-3H3,(H,14,16)/t7-,9-,20?/m0/s1. The van der Waals surface area contributed by atoms with Crippen LogP contribution >= 0.6 is 0 Å². The zero-order valence-electron chi connectivity index (χ0n) is 11.5. The Balaban J connectivity index is 4.65. The lowest BCUT2D eigenvalue weighted by atomic mass is 10.1. The summed E-state index contributed by atoms with van der Waals surface area (Å²) in [6.07, 6.45) is 1.97. The SMILES string of the molecule is COC(=O)[C@H](CCC(=O)C=[N+]=[N-])NC(=O)[C@H](C)[S+](C)[O-]. The summed E-state index contributed by atoms with van der Waals surface area (Å²) in [6.45, 7) is 1.46. The highest BCUT2D eigenvalue weighted by Gasteiger charge is 2.28. The van der Waals surface area contributed by atoms with Crippen LogP contribution in [0.3, 0.4) is 0 Å². The van der Waals surface area contributed by atoms with Crippen LogP contribution < -0.4 is 5.32 Å². The van der Waals surface area contributed by atoms with Crippen molar-refractivity contribution in [2.75, 3.05) is 13.4 Å². The van der Waals surface area contributed by atoms with Gasteiger partial charge in [0.2, 0.25) is 5.78 Å². The van der Waals surface area contributed by atoms with E-state index in [-0.39, 0.29) is 12.8 Å². The zero-order valence-corrected chi connectivity index (χ0v) is 12.3. The van der Waals surface area contributed by atoms with Gasteiger partial charge >= 0.3 is 12.2 Å². The van der Waals surface area contributed by atoms with Gasteiger partial charge in [0.15, 0.2) is 5.25 Å². The Morgan fingerprint density at radius 2 is 2.10 bits per heavy atom. The quantitative estimate of drug-likeness (QED) is 0.203. The first-order valence-corrected chi connectivity index (χ1v) is 7.36. The molecule has 1 amide bonds. The number of nitrogens with zero attached hydrogens (tertiary/aromatic N) is 2. The Morgan fingerprint density at radius 1 is 1.50 bits per heavy atom. The number of hydrogen-bond donors (Lipinski definition) is 1. The van der Waals surface area contributed by atoms with E-state index < -0.39 is 40.1 Å². The number of carbonyl (C=O) groups excluding carboxylic acids is 3. The van der Waals surface area contributed by atoms with Gasteiger partial charge in [-0.25, -0.2) is 4.79 Å². The van der Waals surface area contributed by atoms with Gasteiger partial charge in [-0.3, -0.25) is 9.59 Å². The van der Waals surface area contributed by atoms with E-state index in [2.05, 4.69) is 14.8 Å².